The third kappa shape index (κ3) is 6.29. The van der Waals surface area contributed by atoms with Crippen LogP contribution in [0.25, 0.3) is 0 Å². The summed E-state index contributed by atoms with van der Waals surface area (Å²) in [6, 6.07) is 1.61. The number of nitrogens with zero attached hydrogens (tertiary/aromatic N) is 2. The second kappa shape index (κ2) is 8.45. The molecule has 1 aliphatic heterocycles. The Morgan fingerprint density at radius 3 is 2.10 bits per heavy atom. The van der Waals surface area contributed by atoms with Gasteiger partial charge in [-0.3, -0.25) is 4.90 Å². The molecule has 0 spiro atoms. The van der Waals surface area contributed by atoms with Gasteiger partial charge in [-0.25, -0.2) is 18.4 Å². The van der Waals surface area contributed by atoms with Gasteiger partial charge in [0.25, 0.3) is 0 Å². The summed E-state index contributed by atoms with van der Waals surface area (Å²) in [6.45, 7) is 10.7. The highest BCUT2D eigenvalue weighted by molar-refractivity contribution is 9.10. The maximum absolute atomic E-state index is 14.3. The number of halogens is 3. The number of carbonyl (C=O) groups is 2. The molecule has 1 aromatic carbocycles. The molecule has 0 radical (unpaired) electrons. The van der Waals surface area contributed by atoms with Crippen molar-refractivity contribution >= 4 is 28.1 Å². The number of ether oxygens (including phenoxy) is 2. The molecular formula is C20H27BrF2N2O4. The van der Waals surface area contributed by atoms with Gasteiger partial charge in [0.15, 0.2) is 0 Å². The Labute approximate surface area is 178 Å². The quantitative estimate of drug-likeness (QED) is 0.570. The van der Waals surface area contributed by atoms with E-state index in [4.69, 9.17) is 9.47 Å². The second-order valence-electron chi connectivity index (χ2n) is 8.97. The maximum Gasteiger partial charge on any atom is 0.410 e. The molecule has 9 heteroatoms. The van der Waals surface area contributed by atoms with Gasteiger partial charge in [-0.1, -0.05) is 0 Å². The van der Waals surface area contributed by atoms with Gasteiger partial charge in [-0.2, -0.15) is 0 Å². The van der Waals surface area contributed by atoms with Gasteiger partial charge < -0.3 is 14.4 Å². The number of amides is 2. The monoisotopic (exact) mass is 476 g/mol. The minimum absolute atomic E-state index is 0.00609. The fraction of sp³-hybridized carbons (Fsp3) is 0.600. The fourth-order valence-electron chi connectivity index (χ4n) is 2.68. The van der Waals surface area contributed by atoms with E-state index in [2.05, 4.69) is 15.9 Å². The number of hydrogen-bond acceptors (Lipinski definition) is 4. The molecule has 2 amide bonds. The van der Waals surface area contributed by atoms with E-state index in [1.807, 2.05) is 0 Å². The third-order valence-electron chi connectivity index (χ3n) is 4.05. The molecule has 0 bridgehead atoms. The van der Waals surface area contributed by atoms with Gasteiger partial charge in [0.1, 0.15) is 22.8 Å². The molecule has 0 aliphatic carbocycles. The predicted octanol–water partition coefficient (Wildman–Crippen LogP) is 5.08. The Morgan fingerprint density at radius 1 is 1.07 bits per heavy atom. The van der Waals surface area contributed by atoms with Crippen molar-refractivity contribution in [3.63, 3.8) is 0 Å². The van der Waals surface area contributed by atoms with Crippen molar-refractivity contribution in [3.8, 4) is 0 Å². The molecule has 1 saturated heterocycles. The number of rotatable bonds is 3. The number of carbonyl (C=O) groups excluding carboxylic acids is 2. The zero-order valence-electron chi connectivity index (χ0n) is 17.5. The highest BCUT2D eigenvalue weighted by atomic mass is 79.9. The van der Waals surface area contributed by atoms with E-state index in [1.54, 1.807) is 41.5 Å². The molecule has 1 aromatic rings. The molecule has 0 saturated carbocycles. The van der Waals surface area contributed by atoms with Crippen molar-refractivity contribution in [2.24, 2.45) is 0 Å². The minimum Gasteiger partial charge on any atom is -0.444 e. The zero-order chi connectivity index (χ0) is 22.1. The van der Waals surface area contributed by atoms with Crippen LogP contribution in [0.4, 0.5) is 18.4 Å². The highest BCUT2D eigenvalue weighted by Gasteiger charge is 2.41. The molecule has 0 unspecified atom stereocenters. The van der Waals surface area contributed by atoms with Crippen LogP contribution in [0.3, 0.4) is 0 Å². The summed E-state index contributed by atoms with van der Waals surface area (Å²) in [4.78, 5) is 27.7. The average Bonchev–Trinajstić information content (AvgIpc) is 2.48. The van der Waals surface area contributed by atoms with Crippen LogP contribution in [0.2, 0.25) is 0 Å². The van der Waals surface area contributed by atoms with Gasteiger partial charge in [0, 0.05) is 18.7 Å². The lowest BCUT2D eigenvalue weighted by Crippen LogP contribution is -2.63. The Kier molecular flexibility index (Phi) is 6.82. The molecule has 0 aromatic heterocycles. The smallest absolute Gasteiger partial charge is 0.410 e. The SMILES string of the molecule is CC(C)(C)OC(=O)N1CC(N(Cc2c(F)ccc(F)c2Br)C(=O)OC(C)(C)C)C1. The van der Waals surface area contributed by atoms with Crippen molar-refractivity contribution < 1.29 is 27.8 Å². The summed E-state index contributed by atoms with van der Waals surface area (Å²) < 4.78 is 38.9. The van der Waals surface area contributed by atoms with E-state index in [0.717, 1.165) is 12.1 Å². The van der Waals surface area contributed by atoms with Crippen molar-refractivity contribution in [2.75, 3.05) is 13.1 Å². The van der Waals surface area contributed by atoms with Crippen LogP contribution < -0.4 is 0 Å². The average molecular weight is 477 g/mol. The Hall–Kier alpha value is -1.90. The van der Waals surface area contributed by atoms with Crippen molar-refractivity contribution in [1.29, 1.82) is 0 Å². The van der Waals surface area contributed by atoms with Crippen LogP contribution in [-0.2, 0) is 16.0 Å². The molecule has 1 heterocycles. The van der Waals surface area contributed by atoms with E-state index in [9.17, 15) is 18.4 Å². The predicted molar refractivity (Wildman–Crippen MR) is 107 cm³/mol. The lowest BCUT2D eigenvalue weighted by atomic mass is 10.1. The molecule has 162 valence electrons. The van der Waals surface area contributed by atoms with Gasteiger partial charge in [-0.15, -0.1) is 0 Å². The van der Waals surface area contributed by atoms with Crippen LogP contribution in [-0.4, -0.2) is 52.3 Å². The highest BCUT2D eigenvalue weighted by Crippen LogP contribution is 2.28. The van der Waals surface area contributed by atoms with Crippen LogP contribution >= 0.6 is 15.9 Å². The Morgan fingerprint density at radius 2 is 1.59 bits per heavy atom. The van der Waals surface area contributed by atoms with Crippen molar-refractivity contribution in [2.45, 2.75) is 65.3 Å². The first-order valence-corrected chi connectivity index (χ1v) is 10.1. The van der Waals surface area contributed by atoms with E-state index in [0.29, 0.717) is 0 Å². The molecule has 0 atom stereocenters. The van der Waals surface area contributed by atoms with Crippen LogP contribution in [0.5, 0.6) is 0 Å². The molecule has 1 fully saturated rings. The molecular weight excluding hydrogens is 450 g/mol. The van der Waals surface area contributed by atoms with Gasteiger partial charge >= 0.3 is 12.2 Å². The van der Waals surface area contributed by atoms with Crippen LogP contribution in [0, 0.1) is 11.6 Å². The topological polar surface area (TPSA) is 59.1 Å². The van der Waals surface area contributed by atoms with Crippen molar-refractivity contribution in [3.05, 3.63) is 33.8 Å². The van der Waals surface area contributed by atoms with E-state index in [1.165, 1.54) is 9.80 Å². The van der Waals surface area contributed by atoms with Gasteiger partial charge in [-0.05, 0) is 69.6 Å². The lowest BCUT2D eigenvalue weighted by Gasteiger charge is -2.45. The van der Waals surface area contributed by atoms with Gasteiger partial charge in [0.2, 0.25) is 0 Å². The fourth-order valence-corrected chi connectivity index (χ4v) is 3.12. The normalized spacial score (nSPS) is 15.0. The largest absolute Gasteiger partial charge is 0.444 e. The zero-order valence-corrected chi connectivity index (χ0v) is 19.1. The minimum atomic E-state index is -0.762. The Balaban J connectivity index is 2.19. The van der Waals surface area contributed by atoms with Crippen LogP contribution in [0.15, 0.2) is 16.6 Å². The summed E-state index contributed by atoms with van der Waals surface area (Å²) in [6.07, 6.45) is -1.15. The lowest BCUT2D eigenvalue weighted by molar-refractivity contribution is -0.0309. The van der Waals surface area contributed by atoms with E-state index >= 15 is 0 Å². The first kappa shape index (κ1) is 23.4. The summed E-state index contributed by atoms with van der Waals surface area (Å²) in [5.74, 6) is -1.27. The van der Waals surface area contributed by atoms with Gasteiger partial charge in [0.05, 0.1) is 17.1 Å². The summed E-state index contributed by atoms with van der Waals surface area (Å²) in [7, 11) is 0. The molecule has 0 N–H and O–H groups in total. The summed E-state index contributed by atoms with van der Waals surface area (Å²) in [5, 5.41) is 0. The molecule has 6 nitrogen and oxygen atoms in total. The molecule has 2 rings (SSSR count). The Bertz CT molecular complexity index is 784. The molecule has 29 heavy (non-hydrogen) atoms. The van der Waals surface area contributed by atoms with E-state index < -0.39 is 41.1 Å². The standard InChI is InChI=1S/C20H27BrF2N2O4/c1-19(2,3)28-17(26)24-9-12(10-24)25(18(27)29-20(4,5)6)11-13-14(22)7-8-15(23)16(13)21/h7-8,12H,9-11H2,1-6H3. The number of benzene rings is 1. The summed E-state index contributed by atoms with van der Waals surface area (Å²) in [5.41, 5.74) is -1.39. The third-order valence-corrected chi connectivity index (χ3v) is 4.91. The first-order valence-electron chi connectivity index (χ1n) is 9.28. The first-order chi connectivity index (χ1) is 13.2. The number of hydrogen-bond donors (Lipinski definition) is 0. The maximum atomic E-state index is 14.3. The van der Waals surface area contributed by atoms with Crippen LogP contribution in [0.1, 0.15) is 47.1 Å². The van der Waals surface area contributed by atoms with Crippen molar-refractivity contribution in [1.82, 2.24) is 9.80 Å². The number of likely N-dealkylation sites (tertiary alicyclic amines) is 1. The summed E-state index contributed by atoms with van der Waals surface area (Å²) >= 11 is 3.05. The van der Waals surface area contributed by atoms with E-state index in [-0.39, 0.29) is 29.7 Å². The second-order valence-corrected chi connectivity index (χ2v) is 9.76. The molecule has 1 aliphatic rings.